The predicted octanol–water partition coefficient (Wildman–Crippen LogP) is 6.11. The minimum atomic E-state index is -5.08. The highest BCUT2D eigenvalue weighted by Crippen LogP contribution is 2.31. The molecule has 11 nitrogen and oxygen atoms in total. The van der Waals surface area contributed by atoms with E-state index in [1.165, 1.54) is 0 Å². The summed E-state index contributed by atoms with van der Waals surface area (Å²) in [5.74, 6) is -7.80. The number of halogens is 10. The van der Waals surface area contributed by atoms with Gasteiger partial charge in [0.25, 0.3) is 0 Å². The molecule has 0 spiro atoms. The van der Waals surface area contributed by atoms with Gasteiger partial charge in [-0.15, -0.1) is 0 Å². The molecule has 1 saturated heterocycles. The summed E-state index contributed by atoms with van der Waals surface area (Å²) in [4.78, 5) is 49.4. The van der Waals surface area contributed by atoms with E-state index in [4.69, 9.17) is 41.3 Å². The summed E-state index contributed by atoms with van der Waals surface area (Å²) in [6.45, 7) is 7.46. The molecule has 4 N–H and O–H groups in total. The molecular formula is C26H27ClF9N3O8. The molecule has 47 heavy (non-hydrogen) atoms. The highest BCUT2D eigenvalue weighted by atomic mass is 35.5. The Kier molecular flexibility index (Phi) is 15.9. The molecule has 3 heterocycles. The molecule has 3 rings (SSSR count). The van der Waals surface area contributed by atoms with Crippen molar-refractivity contribution in [2.75, 3.05) is 18.0 Å². The van der Waals surface area contributed by atoms with E-state index in [9.17, 15) is 49.4 Å². The molecule has 0 saturated carbocycles. The molecule has 0 aromatic carbocycles. The van der Waals surface area contributed by atoms with Gasteiger partial charge in [-0.3, -0.25) is 4.98 Å². The molecule has 0 amide bonds. The number of nitrogens with zero attached hydrogens (tertiary/aromatic N) is 3. The van der Waals surface area contributed by atoms with E-state index in [-0.39, 0.29) is 0 Å². The lowest BCUT2D eigenvalue weighted by molar-refractivity contribution is -0.193. The van der Waals surface area contributed by atoms with E-state index in [2.05, 4.69) is 14.9 Å². The number of hydrogen-bond acceptors (Lipinski definition) is 7. The van der Waals surface area contributed by atoms with E-state index in [1.807, 2.05) is 26.0 Å². The number of anilines is 1. The fourth-order valence-electron chi connectivity index (χ4n) is 3.93. The smallest absolute Gasteiger partial charge is 0.478 e. The highest BCUT2D eigenvalue weighted by Gasteiger charge is 2.39. The first-order valence-electron chi connectivity index (χ1n) is 12.7. The van der Waals surface area contributed by atoms with E-state index in [0.29, 0.717) is 22.2 Å². The van der Waals surface area contributed by atoms with Gasteiger partial charge < -0.3 is 25.3 Å². The third kappa shape index (κ3) is 14.7. The zero-order chi connectivity index (χ0) is 37.1. The van der Waals surface area contributed by atoms with Crippen LogP contribution in [0.1, 0.15) is 45.7 Å². The largest absolute Gasteiger partial charge is 0.490 e. The van der Waals surface area contributed by atoms with Gasteiger partial charge in [0, 0.05) is 25.0 Å². The molecule has 2 aromatic rings. The molecule has 0 unspecified atom stereocenters. The Morgan fingerprint density at radius 3 is 1.55 bits per heavy atom. The predicted molar refractivity (Wildman–Crippen MR) is 144 cm³/mol. The Bertz CT molecular complexity index is 1350. The molecule has 0 atom stereocenters. The molecule has 1 aliphatic heterocycles. The maximum absolute atomic E-state index is 11.6. The van der Waals surface area contributed by atoms with Crippen LogP contribution >= 0.6 is 11.6 Å². The van der Waals surface area contributed by atoms with E-state index in [1.54, 1.807) is 13.1 Å². The van der Waals surface area contributed by atoms with Crippen LogP contribution in [0.3, 0.4) is 0 Å². The first-order chi connectivity index (χ1) is 21.2. The van der Waals surface area contributed by atoms with Gasteiger partial charge in [-0.05, 0) is 69.2 Å². The topological polar surface area (TPSA) is 178 Å². The monoisotopic (exact) mass is 715 g/mol. The van der Waals surface area contributed by atoms with Gasteiger partial charge >= 0.3 is 42.4 Å². The van der Waals surface area contributed by atoms with E-state index < -0.39 is 42.4 Å². The number of alkyl halides is 9. The van der Waals surface area contributed by atoms with Gasteiger partial charge in [0.15, 0.2) is 0 Å². The fraction of sp³-hybridized carbons (Fsp3) is 0.462. The minimum Gasteiger partial charge on any atom is -0.478 e. The van der Waals surface area contributed by atoms with Gasteiger partial charge in [-0.1, -0.05) is 11.6 Å². The minimum absolute atomic E-state index is 0.350. The zero-order valence-corrected chi connectivity index (χ0v) is 25.1. The van der Waals surface area contributed by atoms with Crippen molar-refractivity contribution in [2.24, 2.45) is 5.92 Å². The Balaban J connectivity index is 0.000000820. The molecule has 1 fully saturated rings. The first kappa shape index (κ1) is 42.6. The van der Waals surface area contributed by atoms with Crippen LogP contribution in [-0.4, -0.2) is 85.9 Å². The van der Waals surface area contributed by atoms with Crippen molar-refractivity contribution in [1.82, 2.24) is 9.97 Å². The Labute approximate surface area is 264 Å². The summed E-state index contributed by atoms with van der Waals surface area (Å²) in [7, 11) is 0. The van der Waals surface area contributed by atoms with Crippen molar-refractivity contribution in [3.05, 3.63) is 51.4 Å². The Morgan fingerprint density at radius 1 is 0.809 bits per heavy atom. The van der Waals surface area contributed by atoms with Crippen LogP contribution in [0, 0.1) is 26.7 Å². The lowest BCUT2D eigenvalue weighted by Crippen LogP contribution is -2.35. The van der Waals surface area contributed by atoms with Crippen molar-refractivity contribution < 1.29 is 79.1 Å². The van der Waals surface area contributed by atoms with Crippen molar-refractivity contribution in [3.63, 3.8) is 0 Å². The third-order valence-corrected chi connectivity index (χ3v) is 6.34. The zero-order valence-electron chi connectivity index (χ0n) is 24.4. The maximum Gasteiger partial charge on any atom is 0.490 e. The van der Waals surface area contributed by atoms with Gasteiger partial charge in [-0.2, -0.15) is 39.5 Å². The second kappa shape index (κ2) is 17.5. The van der Waals surface area contributed by atoms with E-state index in [0.717, 1.165) is 55.0 Å². The quantitative estimate of drug-likeness (QED) is 0.269. The number of carboxylic acid groups (broad SMARTS) is 4. The van der Waals surface area contributed by atoms with E-state index >= 15 is 0 Å². The second-order valence-electron chi connectivity index (χ2n) is 9.42. The summed E-state index contributed by atoms with van der Waals surface area (Å²) in [5, 5.41) is 31.5. The third-order valence-electron chi connectivity index (χ3n) is 6.05. The number of rotatable bonds is 4. The van der Waals surface area contributed by atoms with Crippen molar-refractivity contribution >= 4 is 41.3 Å². The van der Waals surface area contributed by atoms with Crippen LogP contribution in [0.25, 0.3) is 0 Å². The molecule has 1 aliphatic rings. The van der Waals surface area contributed by atoms with Gasteiger partial charge in [0.05, 0.1) is 16.3 Å². The number of carbonyl (C=O) groups is 4. The standard InChI is InChI=1S/C20H24ClN3O2.3C2HF3O2/c1-12-16(13(2)23-14(3)18(12)20(25)26)11-15-6-9-24(10-7-15)19-17(21)5-4-8-22-19;3*3-2(4,5)1(6)7/h4-5,8,15H,6-7,9-11H2,1-3H3,(H,25,26);3*(H,6,7). The lowest BCUT2D eigenvalue weighted by Gasteiger charge is -2.33. The number of aliphatic carboxylic acids is 3. The molecular weight excluding hydrogens is 689 g/mol. The number of aromatic carboxylic acids is 1. The number of aryl methyl sites for hydroxylation is 2. The van der Waals surface area contributed by atoms with Crippen LogP contribution in [0.15, 0.2) is 18.3 Å². The lowest BCUT2D eigenvalue weighted by atomic mass is 9.86. The number of carboxylic acids is 4. The summed E-state index contributed by atoms with van der Waals surface area (Å²) in [5.41, 5.74) is 3.83. The molecule has 0 aliphatic carbocycles. The number of piperidine rings is 1. The average molecular weight is 716 g/mol. The summed E-state index contributed by atoms with van der Waals surface area (Å²) < 4.78 is 95.2. The Morgan fingerprint density at radius 2 is 1.21 bits per heavy atom. The maximum atomic E-state index is 11.6. The van der Waals surface area contributed by atoms with Crippen LogP contribution in [-0.2, 0) is 20.8 Å². The van der Waals surface area contributed by atoms with Crippen molar-refractivity contribution in [3.8, 4) is 0 Å². The SMILES string of the molecule is Cc1nc(C)c(C(=O)O)c(C)c1CC1CCN(c2ncccc2Cl)CC1.O=C(O)C(F)(F)F.O=C(O)C(F)(F)F.O=C(O)C(F)(F)F. The summed E-state index contributed by atoms with van der Waals surface area (Å²) in [6.07, 6.45) is -10.6. The molecule has 0 bridgehead atoms. The average Bonchev–Trinajstić information content (AvgIpc) is 2.91. The Hall–Kier alpha value is -4.36. The number of hydrogen-bond donors (Lipinski definition) is 4. The highest BCUT2D eigenvalue weighted by molar-refractivity contribution is 6.32. The van der Waals surface area contributed by atoms with Gasteiger partial charge in [-0.25, -0.2) is 24.2 Å². The van der Waals surface area contributed by atoms with Gasteiger partial charge in [0.1, 0.15) is 5.82 Å². The summed E-state index contributed by atoms with van der Waals surface area (Å²) in [6, 6.07) is 3.71. The van der Waals surface area contributed by atoms with Crippen molar-refractivity contribution in [2.45, 2.75) is 58.6 Å². The fourth-order valence-corrected chi connectivity index (χ4v) is 4.17. The summed E-state index contributed by atoms with van der Waals surface area (Å²) >= 11 is 6.26. The van der Waals surface area contributed by atoms with Crippen LogP contribution in [0.4, 0.5) is 45.3 Å². The molecule has 2 aromatic heterocycles. The van der Waals surface area contributed by atoms with Crippen LogP contribution < -0.4 is 4.90 Å². The van der Waals surface area contributed by atoms with Crippen LogP contribution in [0.2, 0.25) is 5.02 Å². The first-order valence-corrected chi connectivity index (χ1v) is 13.0. The van der Waals surface area contributed by atoms with Crippen LogP contribution in [0.5, 0.6) is 0 Å². The molecule has 21 heteroatoms. The second-order valence-corrected chi connectivity index (χ2v) is 9.83. The van der Waals surface area contributed by atoms with Gasteiger partial charge in [0.2, 0.25) is 0 Å². The normalized spacial score (nSPS) is 13.5. The number of pyridine rings is 2. The number of aromatic nitrogens is 2. The molecule has 264 valence electrons. The van der Waals surface area contributed by atoms with Crippen molar-refractivity contribution in [1.29, 1.82) is 0 Å². The molecule has 0 radical (unpaired) electrons.